The fourth-order valence-corrected chi connectivity index (χ4v) is 3.64. The SMILES string of the molecule is Oc1cccc(C2=NN3C(C2)c2ccccc2OC3c2ccncc2)c1. The molecule has 2 aliphatic heterocycles. The highest BCUT2D eigenvalue weighted by molar-refractivity contribution is 6.02. The Morgan fingerprint density at radius 2 is 1.85 bits per heavy atom. The summed E-state index contributed by atoms with van der Waals surface area (Å²) in [4.78, 5) is 4.10. The van der Waals surface area contributed by atoms with Gasteiger partial charge in [0, 0.05) is 35.5 Å². The number of aromatic nitrogens is 1. The van der Waals surface area contributed by atoms with Gasteiger partial charge in [0.25, 0.3) is 0 Å². The molecule has 2 atom stereocenters. The van der Waals surface area contributed by atoms with Crippen LogP contribution in [0.1, 0.15) is 35.4 Å². The lowest BCUT2D eigenvalue weighted by atomic mass is 9.96. The van der Waals surface area contributed by atoms with E-state index in [1.165, 1.54) is 0 Å². The molecule has 1 aromatic heterocycles. The number of hydrogen-bond donors (Lipinski definition) is 1. The maximum Gasteiger partial charge on any atom is 0.213 e. The quantitative estimate of drug-likeness (QED) is 0.763. The number of benzene rings is 2. The van der Waals surface area contributed by atoms with Crippen molar-refractivity contribution in [3.05, 3.63) is 89.7 Å². The smallest absolute Gasteiger partial charge is 0.213 e. The normalized spacial score (nSPS) is 20.8. The fraction of sp³-hybridized carbons (Fsp3) is 0.143. The molecule has 0 aliphatic carbocycles. The van der Waals surface area contributed by atoms with E-state index in [9.17, 15) is 5.11 Å². The molecule has 2 unspecified atom stereocenters. The van der Waals surface area contributed by atoms with Crippen LogP contribution in [0.2, 0.25) is 0 Å². The lowest BCUT2D eigenvalue weighted by Crippen LogP contribution is -2.33. The number of rotatable bonds is 2. The summed E-state index contributed by atoms with van der Waals surface area (Å²) in [5, 5.41) is 16.7. The Morgan fingerprint density at radius 1 is 1.00 bits per heavy atom. The molecule has 0 fully saturated rings. The van der Waals surface area contributed by atoms with Crippen molar-refractivity contribution in [2.24, 2.45) is 5.10 Å². The van der Waals surface area contributed by atoms with E-state index >= 15 is 0 Å². The molecule has 0 bridgehead atoms. The molecule has 0 amide bonds. The average molecular weight is 343 g/mol. The van der Waals surface area contributed by atoms with Crippen molar-refractivity contribution < 1.29 is 9.84 Å². The number of ether oxygens (including phenoxy) is 1. The predicted molar refractivity (Wildman–Crippen MR) is 97.9 cm³/mol. The lowest BCUT2D eigenvalue weighted by molar-refractivity contribution is -0.0190. The van der Waals surface area contributed by atoms with E-state index in [-0.39, 0.29) is 18.0 Å². The molecule has 3 aromatic rings. The third kappa shape index (κ3) is 2.40. The first-order valence-electron chi connectivity index (χ1n) is 8.60. The van der Waals surface area contributed by atoms with Crippen LogP contribution < -0.4 is 4.74 Å². The highest BCUT2D eigenvalue weighted by atomic mass is 16.5. The molecular weight excluding hydrogens is 326 g/mol. The van der Waals surface area contributed by atoms with Gasteiger partial charge in [-0.15, -0.1) is 0 Å². The van der Waals surface area contributed by atoms with Crippen LogP contribution in [0.15, 0.2) is 78.2 Å². The van der Waals surface area contributed by atoms with Crippen LogP contribution in [0.25, 0.3) is 0 Å². The summed E-state index contributed by atoms with van der Waals surface area (Å²) in [6.45, 7) is 0. The van der Waals surface area contributed by atoms with Crippen molar-refractivity contribution in [3.8, 4) is 11.5 Å². The Hall–Kier alpha value is -3.34. The molecule has 0 saturated heterocycles. The molecule has 26 heavy (non-hydrogen) atoms. The monoisotopic (exact) mass is 343 g/mol. The number of hydrogen-bond acceptors (Lipinski definition) is 5. The van der Waals surface area contributed by atoms with Crippen molar-refractivity contribution in [2.75, 3.05) is 0 Å². The molecule has 5 nitrogen and oxygen atoms in total. The maximum atomic E-state index is 9.82. The second kappa shape index (κ2) is 5.88. The first-order valence-corrected chi connectivity index (χ1v) is 8.60. The van der Waals surface area contributed by atoms with E-state index in [1.54, 1.807) is 24.5 Å². The minimum absolute atomic E-state index is 0.107. The molecule has 2 aromatic carbocycles. The van der Waals surface area contributed by atoms with Crippen LogP contribution in [0.5, 0.6) is 11.5 Å². The Bertz CT molecular complexity index is 987. The third-order valence-corrected chi connectivity index (χ3v) is 4.87. The summed E-state index contributed by atoms with van der Waals surface area (Å²) < 4.78 is 6.28. The summed E-state index contributed by atoms with van der Waals surface area (Å²) in [6.07, 6.45) is 4.01. The molecule has 5 rings (SSSR count). The lowest BCUT2D eigenvalue weighted by Gasteiger charge is -2.38. The zero-order valence-corrected chi connectivity index (χ0v) is 14.0. The van der Waals surface area contributed by atoms with Gasteiger partial charge in [-0.2, -0.15) is 5.10 Å². The molecule has 0 saturated carbocycles. The second-order valence-electron chi connectivity index (χ2n) is 6.49. The van der Waals surface area contributed by atoms with E-state index in [0.29, 0.717) is 0 Å². The van der Waals surface area contributed by atoms with E-state index < -0.39 is 0 Å². The molecule has 0 spiro atoms. The van der Waals surface area contributed by atoms with Gasteiger partial charge in [-0.05, 0) is 30.3 Å². The number of phenolic OH excluding ortho intramolecular Hbond substituents is 1. The van der Waals surface area contributed by atoms with Gasteiger partial charge < -0.3 is 9.84 Å². The Labute approximate surface area is 151 Å². The molecule has 3 heterocycles. The molecule has 2 aliphatic rings. The van der Waals surface area contributed by atoms with Gasteiger partial charge in [0.15, 0.2) is 0 Å². The number of nitrogens with zero attached hydrogens (tertiary/aromatic N) is 3. The molecule has 128 valence electrons. The fourth-order valence-electron chi connectivity index (χ4n) is 3.64. The van der Waals surface area contributed by atoms with Gasteiger partial charge in [0.1, 0.15) is 11.5 Å². The Morgan fingerprint density at radius 3 is 2.69 bits per heavy atom. The maximum absolute atomic E-state index is 9.82. The molecule has 5 heteroatoms. The minimum atomic E-state index is -0.298. The first-order chi connectivity index (χ1) is 12.8. The standard InChI is InChI=1S/C21H17N3O2/c25-16-5-3-4-15(12-16)18-13-19-17-6-1-2-7-20(17)26-21(24(19)23-18)14-8-10-22-11-9-14/h1-12,19,21,25H,13H2. The summed E-state index contributed by atoms with van der Waals surface area (Å²) in [6, 6.07) is 19.4. The number of fused-ring (bicyclic) bond motifs is 3. The largest absolute Gasteiger partial charge is 0.508 e. The van der Waals surface area contributed by atoms with Crippen LogP contribution in [0, 0.1) is 0 Å². The van der Waals surface area contributed by atoms with Crippen molar-refractivity contribution in [2.45, 2.75) is 18.7 Å². The second-order valence-corrected chi connectivity index (χ2v) is 6.49. The summed E-state index contributed by atoms with van der Waals surface area (Å²) in [5.41, 5.74) is 4.03. The van der Waals surface area contributed by atoms with Crippen LogP contribution >= 0.6 is 0 Å². The van der Waals surface area contributed by atoms with Gasteiger partial charge >= 0.3 is 0 Å². The summed E-state index contributed by atoms with van der Waals surface area (Å²) >= 11 is 0. The highest BCUT2D eigenvalue weighted by Gasteiger charge is 2.40. The number of hydrazone groups is 1. The number of aromatic hydroxyl groups is 1. The van der Waals surface area contributed by atoms with Gasteiger partial charge in [-0.25, -0.2) is 5.01 Å². The van der Waals surface area contributed by atoms with E-state index in [0.717, 1.165) is 34.6 Å². The van der Waals surface area contributed by atoms with Crippen molar-refractivity contribution in [1.82, 2.24) is 9.99 Å². The van der Waals surface area contributed by atoms with E-state index in [2.05, 4.69) is 11.1 Å². The van der Waals surface area contributed by atoms with Crippen LogP contribution in [0.4, 0.5) is 0 Å². The van der Waals surface area contributed by atoms with Crippen LogP contribution in [0.3, 0.4) is 0 Å². The van der Waals surface area contributed by atoms with Crippen LogP contribution in [-0.2, 0) is 0 Å². The number of pyridine rings is 1. The van der Waals surface area contributed by atoms with E-state index in [1.807, 2.05) is 47.5 Å². The number of para-hydroxylation sites is 1. The van der Waals surface area contributed by atoms with Crippen LogP contribution in [-0.4, -0.2) is 20.8 Å². The summed E-state index contributed by atoms with van der Waals surface area (Å²) in [5.74, 6) is 1.14. The third-order valence-electron chi connectivity index (χ3n) is 4.87. The average Bonchev–Trinajstić information content (AvgIpc) is 3.14. The predicted octanol–water partition coefficient (Wildman–Crippen LogP) is 4.03. The number of phenols is 1. The van der Waals surface area contributed by atoms with Crippen molar-refractivity contribution in [1.29, 1.82) is 0 Å². The topological polar surface area (TPSA) is 58.0 Å². The van der Waals surface area contributed by atoms with Crippen molar-refractivity contribution in [3.63, 3.8) is 0 Å². The summed E-state index contributed by atoms with van der Waals surface area (Å²) in [7, 11) is 0. The van der Waals surface area contributed by atoms with E-state index in [4.69, 9.17) is 9.84 Å². The zero-order chi connectivity index (χ0) is 17.5. The Kier molecular flexibility index (Phi) is 3.38. The first kappa shape index (κ1) is 15.0. The van der Waals surface area contributed by atoms with Gasteiger partial charge in [-0.3, -0.25) is 4.98 Å². The van der Waals surface area contributed by atoms with Gasteiger partial charge in [0.05, 0.1) is 11.8 Å². The molecule has 0 radical (unpaired) electrons. The zero-order valence-electron chi connectivity index (χ0n) is 14.0. The Balaban J connectivity index is 1.60. The minimum Gasteiger partial charge on any atom is -0.508 e. The molecule has 1 N–H and O–H groups in total. The van der Waals surface area contributed by atoms with Gasteiger partial charge in [0.2, 0.25) is 6.23 Å². The highest BCUT2D eigenvalue weighted by Crippen LogP contribution is 2.47. The van der Waals surface area contributed by atoms with Crippen molar-refractivity contribution >= 4 is 5.71 Å². The van der Waals surface area contributed by atoms with Gasteiger partial charge in [-0.1, -0.05) is 30.3 Å². The molecular formula is C21H17N3O2.